The number of nitrogens with zero attached hydrogens (tertiary/aromatic N) is 1. The van der Waals surface area contributed by atoms with Crippen molar-refractivity contribution in [1.82, 2.24) is 5.32 Å². The molecule has 14 heavy (non-hydrogen) atoms. The van der Waals surface area contributed by atoms with Gasteiger partial charge in [-0.1, -0.05) is 24.0 Å². The molecule has 0 saturated heterocycles. The highest BCUT2D eigenvalue weighted by Gasteiger charge is 1.91. The largest absolute Gasteiger partial charge is 0.316 e. The van der Waals surface area contributed by atoms with Crippen molar-refractivity contribution in [2.24, 2.45) is 0 Å². The molecule has 2 heteroatoms. The second-order valence-corrected chi connectivity index (χ2v) is 2.87. The second-order valence-electron chi connectivity index (χ2n) is 2.87. The van der Waals surface area contributed by atoms with Crippen LogP contribution in [0.5, 0.6) is 0 Å². The van der Waals surface area contributed by atoms with Gasteiger partial charge >= 0.3 is 0 Å². The Labute approximate surface area is 84.6 Å². The van der Waals surface area contributed by atoms with Crippen LogP contribution in [0.3, 0.4) is 0 Å². The van der Waals surface area contributed by atoms with E-state index in [2.05, 4.69) is 17.2 Å². The zero-order valence-electron chi connectivity index (χ0n) is 8.17. The predicted octanol–water partition coefficient (Wildman–Crippen LogP) is 1.67. The fraction of sp³-hybridized carbons (Fsp3) is 0.250. The van der Waals surface area contributed by atoms with Crippen molar-refractivity contribution in [3.05, 3.63) is 35.4 Å². The highest BCUT2D eigenvalue weighted by molar-refractivity contribution is 5.37. The molecule has 0 aromatic heterocycles. The van der Waals surface area contributed by atoms with Gasteiger partial charge in [-0.25, -0.2) is 0 Å². The molecule has 0 fully saturated rings. The molecule has 70 valence electrons. The standard InChI is InChI=1S/C12H12N2/c1-14-10-12-7-4-6-11(9-12)5-2-3-8-13/h4,6-7,9,14H,3,10H2,1H3. The van der Waals surface area contributed by atoms with Crippen LogP contribution in [0.4, 0.5) is 0 Å². The Morgan fingerprint density at radius 2 is 2.29 bits per heavy atom. The average Bonchev–Trinajstić information content (AvgIpc) is 2.19. The van der Waals surface area contributed by atoms with E-state index in [1.165, 1.54) is 5.56 Å². The van der Waals surface area contributed by atoms with Gasteiger partial charge in [0, 0.05) is 12.1 Å². The third-order valence-corrected chi connectivity index (χ3v) is 1.71. The quantitative estimate of drug-likeness (QED) is 0.710. The molecule has 1 N–H and O–H groups in total. The molecule has 0 heterocycles. The first-order valence-corrected chi connectivity index (χ1v) is 4.46. The van der Waals surface area contributed by atoms with Gasteiger partial charge in [-0.15, -0.1) is 0 Å². The molecule has 0 radical (unpaired) electrons. The van der Waals surface area contributed by atoms with E-state index in [1.807, 2.05) is 37.4 Å². The number of hydrogen-bond acceptors (Lipinski definition) is 2. The van der Waals surface area contributed by atoms with Crippen LogP contribution in [0.1, 0.15) is 17.5 Å². The Balaban J connectivity index is 2.75. The van der Waals surface area contributed by atoms with Gasteiger partial charge in [-0.2, -0.15) is 5.26 Å². The Hall–Kier alpha value is -1.77. The SMILES string of the molecule is CNCc1cccc(C#CCC#N)c1. The highest BCUT2D eigenvalue weighted by Crippen LogP contribution is 2.03. The molecule has 0 bridgehead atoms. The summed E-state index contributed by atoms with van der Waals surface area (Å²) < 4.78 is 0. The van der Waals surface area contributed by atoms with E-state index in [4.69, 9.17) is 5.26 Å². The Morgan fingerprint density at radius 3 is 3.00 bits per heavy atom. The first kappa shape index (κ1) is 10.3. The van der Waals surface area contributed by atoms with Gasteiger partial charge in [0.25, 0.3) is 0 Å². The van der Waals surface area contributed by atoms with Crippen molar-refractivity contribution in [2.75, 3.05) is 7.05 Å². The number of nitrogens with one attached hydrogen (secondary N) is 1. The van der Waals surface area contributed by atoms with Crippen LogP contribution < -0.4 is 5.32 Å². The number of nitriles is 1. The molecule has 0 saturated carbocycles. The van der Waals surface area contributed by atoms with E-state index in [-0.39, 0.29) is 6.42 Å². The van der Waals surface area contributed by atoms with Crippen molar-refractivity contribution < 1.29 is 0 Å². The lowest BCUT2D eigenvalue weighted by Gasteiger charge is -1.99. The van der Waals surface area contributed by atoms with Crippen LogP contribution in [-0.2, 0) is 6.54 Å². The molecule has 0 atom stereocenters. The zero-order valence-corrected chi connectivity index (χ0v) is 8.17. The maximum Gasteiger partial charge on any atom is 0.0966 e. The number of hydrogen-bond donors (Lipinski definition) is 1. The molecular formula is C12H12N2. The first-order valence-electron chi connectivity index (χ1n) is 4.46. The lowest BCUT2D eigenvalue weighted by Crippen LogP contribution is -2.04. The topological polar surface area (TPSA) is 35.8 Å². The van der Waals surface area contributed by atoms with E-state index in [9.17, 15) is 0 Å². The molecule has 1 rings (SSSR count). The summed E-state index contributed by atoms with van der Waals surface area (Å²) in [6.45, 7) is 0.841. The minimum Gasteiger partial charge on any atom is -0.316 e. The molecule has 0 unspecified atom stereocenters. The summed E-state index contributed by atoms with van der Waals surface area (Å²) in [7, 11) is 1.91. The van der Waals surface area contributed by atoms with E-state index >= 15 is 0 Å². The van der Waals surface area contributed by atoms with Gasteiger partial charge < -0.3 is 5.32 Å². The molecule has 1 aromatic carbocycles. The highest BCUT2D eigenvalue weighted by atomic mass is 14.8. The summed E-state index contributed by atoms with van der Waals surface area (Å²) in [5.41, 5.74) is 2.17. The van der Waals surface area contributed by atoms with E-state index in [0.717, 1.165) is 12.1 Å². The van der Waals surface area contributed by atoms with Crippen LogP contribution in [0.15, 0.2) is 24.3 Å². The smallest absolute Gasteiger partial charge is 0.0966 e. The molecule has 0 aliphatic carbocycles. The second kappa shape index (κ2) is 5.80. The molecular weight excluding hydrogens is 172 g/mol. The van der Waals surface area contributed by atoms with Crippen LogP contribution in [0.2, 0.25) is 0 Å². The van der Waals surface area contributed by atoms with Crippen LogP contribution in [0.25, 0.3) is 0 Å². The lowest BCUT2D eigenvalue weighted by molar-refractivity contribution is 0.817. The molecule has 0 amide bonds. The van der Waals surface area contributed by atoms with Crippen molar-refractivity contribution in [3.8, 4) is 17.9 Å². The van der Waals surface area contributed by atoms with Crippen LogP contribution in [-0.4, -0.2) is 7.05 Å². The molecule has 0 spiro atoms. The number of benzene rings is 1. The van der Waals surface area contributed by atoms with Crippen molar-refractivity contribution >= 4 is 0 Å². The van der Waals surface area contributed by atoms with Crippen LogP contribution >= 0.6 is 0 Å². The maximum absolute atomic E-state index is 8.32. The van der Waals surface area contributed by atoms with E-state index in [0.29, 0.717) is 0 Å². The summed E-state index contributed by atoms with van der Waals surface area (Å²) in [5.74, 6) is 5.73. The summed E-state index contributed by atoms with van der Waals surface area (Å²) in [4.78, 5) is 0. The van der Waals surface area contributed by atoms with Gasteiger partial charge in [-0.05, 0) is 24.7 Å². The lowest BCUT2D eigenvalue weighted by atomic mass is 10.1. The molecule has 0 aliphatic rings. The minimum atomic E-state index is 0.288. The van der Waals surface area contributed by atoms with Gasteiger partial charge in [-0.3, -0.25) is 0 Å². The van der Waals surface area contributed by atoms with E-state index in [1.54, 1.807) is 0 Å². The molecule has 2 nitrogen and oxygen atoms in total. The number of rotatable bonds is 2. The first-order chi connectivity index (χ1) is 6.86. The molecule has 1 aromatic rings. The predicted molar refractivity (Wildman–Crippen MR) is 56.3 cm³/mol. The van der Waals surface area contributed by atoms with E-state index < -0.39 is 0 Å². The van der Waals surface area contributed by atoms with Crippen molar-refractivity contribution in [1.29, 1.82) is 5.26 Å². The summed E-state index contributed by atoms with van der Waals surface area (Å²) in [5, 5.41) is 11.4. The van der Waals surface area contributed by atoms with Gasteiger partial charge in [0.15, 0.2) is 0 Å². The minimum absolute atomic E-state index is 0.288. The Bertz CT molecular complexity index is 391. The van der Waals surface area contributed by atoms with Crippen molar-refractivity contribution in [3.63, 3.8) is 0 Å². The van der Waals surface area contributed by atoms with Gasteiger partial charge in [0.1, 0.15) is 0 Å². The summed E-state index contributed by atoms with van der Waals surface area (Å²) in [6, 6.07) is 9.99. The van der Waals surface area contributed by atoms with Crippen LogP contribution in [0, 0.1) is 23.2 Å². The van der Waals surface area contributed by atoms with Gasteiger partial charge in [0.05, 0.1) is 12.5 Å². The Morgan fingerprint density at radius 1 is 1.43 bits per heavy atom. The fourth-order valence-electron chi connectivity index (χ4n) is 1.15. The monoisotopic (exact) mass is 184 g/mol. The average molecular weight is 184 g/mol. The Kier molecular flexibility index (Phi) is 4.27. The molecule has 0 aliphatic heterocycles. The normalized spacial score (nSPS) is 8.57. The zero-order chi connectivity index (χ0) is 10.2. The van der Waals surface area contributed by atoms with Crippen molar-refractivity contribution in [2.45, 2.75) is 13.0 Å². The maximum atomic E-state index is 8.32. The fourth-order valence-corrected chi connectivity index (χ4v) is 1.15. The summed E-state index contributed by atoms with van der Waals surface area (Å²) >= 11 is 0. The third-order valence-electron chi connectivity index (χ3n) is 1.71. The summed E-state index contributed by atoms with van der Waals surface area (Å²) in [6.07, 6.45) is 0.288. The van der Waals surface area contributed by atoms with Gasteiger partial charge in [0.2, 0.25) is 0 Å². The third kappa shape index (κ3) is 3.31.